The van der Waals surface area contributed by atoms with Gasteiger partial charge in [0, 0.05) is 13.1 Å². The van der Waals surface area contributed by atoms with Gasteiger partial charge < -0.3 is 21.9 Å². The largest absolute Gasteiger partial charge is 0.481 e. The molecule has 0 aromatic heterocycles. The molecular formula is C7H15N3O3. The highest BCUT2D eigenvalue weighted by atomic mass is 16.4. The van der Waals surface area contributed by atoms with E-state index in [4.69, 9.17) is 10.8 Å². The fourth-order valence-electron chi connectivity index (χ4n) is 0.296. The summed E-state index contributed by atoms with van der Waals surface area (Å²) in [5.74, 6) is -0.836. The van der Waals surface area contributed by atoms with Crippen LogP contribution in [0.25, 0.3) is 0 Å². The molecule has 0 aliphatic carbocycles. The standard InChI is InChI=1S/C4H8N2O.C3H7NO2/c1-2-3-6-4(5)7;4-2-1-3(5)6/h2H,1,3H2,(H3,5,6,7);1-2,4H2,(H,5,6). The maximum Gasteiger partial charge on any atom is 0.312 e. The molecule has 0 fully saturated rings. The number of hydrogen-bond donors (Lipinski definition) is 4. The molecule has 13 heavy (non-hydrogen) atoms. The zero-order valence-corrected chi connectivity index (χ0v) is 7.32. The van der Waals surface area contributed by atoms with Crippen LogP contribution in [-0.4, -0.2) is 30.2 Å². The summed E-state index contributed by atoms with van der Waals surface area (Å²) in [5.41, 5.74) is 9.53. The molecule has 0 spiro atoms. The highest BCUT2D eigenvalue weighted by molar-refractivity contribution is 5.71. The monoisotopic (exact) mass is 189 g/mol. The zero-order valence-electron chi connectivity index (χ0n) is 7.32. The Morgan fingerprint density at radius 3 is 2.15 bits per heavy atom. The van der Waals surface area contributed by atoms with E-state index in [0.29, 0.717) is 6.54 Å². The lowest BCUT2D eigenvalue weighted by molar-refractivity contribution is -0.136. The smallest absolute Gasteiger partial charge is 0.312 e. The summed E-state index contributed by atoms with van der Waals surface area (Å²) in [5, 5.41) is 10.1. The van der Waals surface area contributed by atoms with Crippen LogP contribution in [-0.2, 0) is 4.79 Å². The van der Waals surface area contributed by atoms with E-state index in [1.54, 1.807) is 6.08 Å². The van der Waals surface area contributed by atoms with Crippen molar-refractivity contribution in [2.75, 3.05) is 13.1 Å². The second-order valence-electron chi connectivity index (χ2n) is 1.97. The van der Waals surface area contributed by atoms with Gasteiger partial charge in [-0.05, 0) is 0 Å². The fourth-order valence-corrected chi connectivity index (χ4v) is 0.296. The van der Waals surface area contributed by atoms with Gasteiger partial charge in [0.05, 0.1) is 6.42 Å². The Morgan fingerprint density at radius 1 is 1.54 bits per heavy atom. The molecule has 0 aromatic carbocycles. The van der Waals surface area contributed by atoms with Crippen molar-refractivity contribution in [1.82, 2.24) is 5.32 Å². The van der Waals surface area contributed by atoms with Crippen LogP contribution in [0.3, 0.4) is 0 Å². The lowest BCUT2D eigenvalue weighted by Crippen LogP contribution is -2.28. The maximum atomic E-state index is 9.82. The summed E-state index contributed by atoms with van der Waals surface area (Å²) < 4.78 is 0. The van der Waals surface area contributed by atoms with Gasteiger partial charge in [-0.1, -0.05) is 6.08 Å². The van der Waals surface area contributed by atoms with Crippen molar-refractivity contribution in [1.29, 1.82) is 0 Å². The van der Waals surface area contributed by atoms with Gasteiger partial charge in [0.2, 0.25) is 0 Å². The molecule has 0 saturated heterocycles. The van der Waals surface area contributed by atoms with Crippen molar-refractivity contribution in [3.8, 4) is 0 Å². The number of urea groups is 1. The average molecular weight is 189 g/mol. The Morgan fingerprint density at radius 2 is 2.08 bits per heavy atom. The number of nitrogens with two attached hydrogens (primary N) is 2. The Labute approximate surface area is 76.6 Å². The SMILES string of the molecule is C=CCNC(N)=O.NCCC(=O)O. The number of carbonyl (C=O) groups excluding carboxylic acids is 1. The van der Waals surface area contributed by atoms with E-state index in [-0.39, 0.29) is 13.0 Å². The third-order valence-corrected chi connectivity index (χ3v) is 0.779. The first-order chi connectivity index (χ1) is 6.04. The minimum Gasteiger partial charge on any atom is -0.481 e. The summed E-state index contributed by atoms with van der Waals surface area (Å²) in [6.07, 6.45) is 1.63. The predicted molar refractivity (Wildman–Crippen MR) is 49.1 cm³/mol. The van der Waals surface area contributed by atoms with Crippen molar-refractivity contribution in [2.45, 2.75) is 6.42 Å². The van der Waals surface area contributed by atoms with Crippen LogP contribution in [0.2, 0.25) is 0 Å². The number of nitrogens with one attached hydrogen (secondary N) is 1. The Kier molecular flexibility index (Phi) is 11.2. The lowest BCUT2D eigenvalue weighted by Gasteiger charge is -1.90. The highest BCUT2D eigenvalue weighted by Gasteiger charge is 1.87. The van der Waals surface area contributed by atoms with Gasteiger partial charge in [0.15, 0.2) is 0 Å². The number of primary amides is 1. The Hall–Kier alpha value is -1.56. The lowest BCUT2D eigenvalue weighted by atomic mass is 10.5. The molecule has 6 nitrogen and oxygen atoms in total. The van der Waals surface area contributed by atoms with Crippen LogP contribution in [0.15, 0.2) is 12.7 Å². The maximum absolute atomic E-state index is 9.82. The molecule has 2 amide bonds. The molecule has 0 bridgehead atoms. The van der Waals surface area contributed by atoms with Crippen LogP contribution in [0.1, 0.15) is 6.42 Å². The molecule has 6 N–H and O–H groups in total. The van der Waals surface area contributed by atoms with E-state index in [1.165, 1.54) is 0 Å². The highest BCUT2D eigenvalue weighted by Crippen LogP contribution is 1.67. The molecule has 0 saturated carbocycles. The molecule has 0 atom stereocenters. The van der Waals surface area contributed by atoms with E-state index in [0.717, 1.165) is 0 Å². The molecule has 76 valence electrons. The molecule has 6 heteroatoms. The van der Waals surface area contributed by atoms with E-state index in [9.17, 15) is 9.59 Å². The van der Waals surface area contributed by atoms with Crippen molar-refractivity contribution in [2.24, 2.45) is 11.5 Å². The molecule has 0 rings (SSSR count). The van der Waals surface area contributed by atoms with Crippen molar-refractivity contribution >= 4 is 12.0 Å². The molecule has 0 aliphatic rings. The molecule has 0 radical (unpaired) electrons. The Bertz CT molecular complexity index is 170. The summed E-state index contributed by atoms with van der Waals surface area (Å²) in [4.78, 5) is 19.3. The predicted octanol–water partition coefficient (Wildman–Crippen LogP) is -0.739. The topological polar surface area (TPSA) is 118 Å². The van der Waals surface area contributed by atoms with E-state index in [1.807, 2.05) is 0 Å². The van der Waals surface area contributed by atoms with Crippen LogP contribution >= 0.6 is 0 Å². The van der Waals surface area contributed by atoms with E-state index >= 15 is 0 Å². The van der Waals surface area contributed by atoms with Crippen LogP contribution in [0, 0.1) is 0 Å². The third-order valence-electron chi connectivity index (χ3n) is 0.779. The zero-order chi connectivity index (χ0) is 10.7. The second kappa shape index (κ2) is 10.4. The van der Waals surface area contributed by atoms with Gasteiger partial charge in [-0.15, -0.1) is 6.58 Å². The van der Waals surface area contributed by atoms with Gasteiger partial charge in [-0.25, -0.2) is 4.79 Å². The second-order valence-corrected chi connectivity index (χ2v) is 1.97. The number of carboxylic acids is 1. The average Bonchev–Trinajstić information content (AvgIpc) is 2.01. The minimum absolute atomic E-state index is 0.0694. The van der Waals surface area contributed by atoms with Gasteiger partial charge in [-0.2, -0.15) is 0 Å². The van der Waals surface area contributed by atoms with Crippen LogP contribution < -0.4 is 16.8 Å². The molecule has 0 heterocycles. The van der Waals surface area contributed by atoms with Gasteiger partial charge in [0.1, 0.15) is 0 Å². The van der Waals surface area contributed by atoms with Crippen molar-refractivity contribution < 1.29 is 14.7 Å². The van der Waals surface area contributed by atoms with Crippen molar-refractivity contribution in [3.63, 3.8) is 0 Å². The van der Waals surface area contributed by atoms with Crippen molar-refractivity contribution in [3.05, 3.63) is 12.7 Å². The minimum atomic E-state index is -0.836. The molecule has 0 unspecified atom stereocenters. The summed E-state index contributed by atoms with van der Waals surface area (Å²) >= 11 is 0. The third kappa shape index (κ3) is 25.1. The number of aliphatic carboxylic acids is 1. The summed E-state index contributed by atoms with van der Waals surface area (Å²) in [7, 11) is 0. The summed E-state index contributed by atoms with van der Waals surface area (Å²) in [6, 6.07) is -0.514. The normalized spacial score (nSPS) is 7.77. The number of carboxylic acid groups (broad SMARTS) is 1. The fraction of sp³-hybridized carbons (Fsp3) is 0.429. The number of rotatable bonds is 4. The first-order valence-corrected chi connectivity index (χ1v) is 3.60. The first-order valence-electron chi connectivity index (χ1n) is 3.60. The number of carbonyl (C=O) groups is 2. The quantitative estimate of drug-likeness (QED) is 0.435. The van der Waals surface area contributed by atoms with E-state index < -0.39 is 12.0 Å². The molecule has 0 aliphatic heterocycles. The van der Waals surface area contributed by atoms with Crippen LogP contribution in [0.5, 0.6) is 0 Å². The molecular weight excluding hydrogens is 174 g/mol. The first kappa shape index (κ1) is 14.0. The van der Waals surface area contributed by atoms with Gasteiger partial charge >= 0.3 is 12.0 Å². The van der Waals surface area contributed by atoms with Crippen LogP contribution in [0.4, 0.5) is 4.79 Å². The van der Waals surface area contributed by atoms with Gasteiger partial charge in [0.25, 0.3) is 0 Å². The summed E-state index contributed by atoms with van der Waals surface area (Å²) in [6.45, 7) is 4.03. The van der Waals surface area contributed by atoms with E-state index in [2.05, 4.69) is 17.6 Å². The Balaban J connectivity index is 0. The number of hydrogen-bond acceptors (Lipinski definition) is 3. The van der Waals surface area contributed by atoms with Gasteiger partial charge in [-0.3, -0.25) is 4.79 Å². The molecule has 0 aromatic rings. The number of amides is 2.